The molecule has 8 nitrogen and oxygen atoms in total. The quantitative estimate of drug-likeness (QED) is 0.659. The summed E-state index contributed by atoms with van der Waals surface area (Å²) in [6.45, 7) is 6.82. The van der Waals surface area contributed by atoms with Gasteiger partial charge in [-0.2, -0.15) is 5.10 Å². The smallest absolute Gasteiger partial charge is 0.295 e. The van der Waals surface area contributed by atoms with E-state index in [0.29, 0.717) is 5.92 Å². The minimum absolute atomic E-state index is 0.0555. The predicted octanol–water partition coefficient (Wildman–Crippen LogP) is 3.12. The van der Waals surface area contributed by atoms with Crippen LogP contribution in [0.3, 0.4) is 0 Å². The summed E-state index contributed by atoms with van der Waals surface area (Å²) >= 11 is 0. The van der Waals surface area contributed by atoms with Gasteiger partial charge in [-0.1, -0.05) is 20.8 Å². The molecule has 1 N–H and O–H groups in total. The van der Waals surface area contributed by atoms with E-state index in [9.17, 15) is 14.9 Å². The summed E-state index contributed by atoms with van der Waals surface area (Å²) in [5.74, 6) is 0.342. The third-order valence-electron chi connectivity index (χ3n) is 7.20. The molecule has 2 aliphatic carbocycles. The molecule has 4 rings (SSSR count). The van der Waals surface area contributed by atoms with Crippen molar-refractivity contribution in [3.63, 3.8) is 0 Å². The lowest BCUT2D eigenvalue weighted by Gasteiger charge is -2.39. The SMILES string of the molecule is CC1(C)C2CCC1(C)C(NC(=O)c1ccc(-n3cncn3)c([N+](=O)[O-])c1)C2. The van der Waals surface area contributed by atoms with Gasteiger partial charge < -0.3 is 5.32 Å². The number of hydrogen-bond acceptors (Lipinski definition) is 5. The van der Waals surface area contributed by atoms with Gasteiger partial charge in [0.2, 0.25) is 0 Å². The van der Waals surface area contributed by atoms with Gasteiger partial charge in [0.05, 0.1) is 4.92 Å². The minimum Gasteiger partial charge on any atom is -0.349 e. The number of nitro groups is 1. The molecule has 1 heterocycles. The molecule has 0 radical (unpaired) electrons. The zero-order chi connectivity index (χ0) is 19.4. The highest BCUT2D eigenvalue weighted by atomic mass is 16.6. The molecule has 2 saturated carbocycles. The number of nitrogens with zero attached hydrogens (tertiary/aromatic N) is 4. The maximum absolute atomic E-state index is 12.8. The van der Waals surface area contributed by atoms with Crippen LogP contribution >= 0.6 is 0 Å². The Morgan fingerprint density at radius 1 is 1.37 bits per heavy atom. The lowest BCUT2D eigenvalue weighted by Crippen LogP contribution is -2.46. The number of nitrogens with one attached hydrogen (secondary N) is 1. The molecule has 2 aromatic rings. The minimum atomic E-state index is -0.504. The number of carbonyl (C=O) groups excluding carboxylic acids is 1. The van der Waals surface area contributed by atoms with Crippen LogP contribution in [-0.4, -0.2) is 31.6 Å². The van der Waals surface area contributed by atoms with E-state index in [-0.39, 0.29) is 39.7 Å². The number of carbonyl (C=O) groups is 1. The number of benzene rings is 1. The second-order valence-corrected chi connectivity index (χ2v) is 8.44. The molecular formula is C19H23N5O3. The Morgan fingerprint density at radius 2 is 2.15 bits per heavy atom. The number of aromatic nitrogens is 3. The molecule has 1 aromatic heterocycles. The van der Waals surface area contributed by atoms with Crippen molar-refractivity contribution in [3.05, 3.63) is 46.5 Å². The van der Waals surface area contributed by atoms with Gasteiger partial charge in [0.25, 0.3) is 11.6 Å². The van der Waals surface area contributed by atoms with Gasteiger partial charge in [0, 0.05) is 17.7 Å². The van der Waals surface area contributed by atoms with Crippen LogP contribution in [0.1, 0.15) is 50.4 Å². The monoisotopic (exact) mass is 369 g/mol. The Balaban J connectivity index is 1.60. The highest BCUT2D eigenvalue weighted by Gasteiger charge is 2.61. The zero-order valence-electron chi connectivity index (χ0n) is 15.7. The van der Waals surface area contributed by atoms with Crippen molar-refractivity contribution in [2.45, 2.75) is 46.1 Å². The van der Waals surface area contributed by atoms with Gasteiger partial charge in [0.1, 0.15) is 18.3 Å². The Kier molecular flexibility index (Phi) is 3.83. The molecule has 2 bridgehead atoms. The van der Waals surface area contributed by atoms with Crippen molar-refractivity contribution >= 4 is 11.6 Å². The van der Waals surface area contributed by atoms with Gasteiger partial charge in [-0.15, -0.1) is 0 Å². The van der Waals surface area contributed by atoms with Gasteiger partial charge >= 0.3 is 0 Å². The second-order valence-electron chi connectivity index (χ2n) is 8.44. The van der Waals surface area contributed by atoms with E-state index in [2.05, 4.69) is 36.2 Å². The van der Waals surface area contributed by atoms with Crippen molar-refractivity contribution in [2.24, 2.45) is 16.7 Å². The Bertz CT molecular complexity index is 908. The number of nitro benzene ring substituents is 1. The first-order chi connectivity index (χ1) is 12.7. The van der Waals surface area contributed by atoms with Crippen molar-refractivity contribution in [1.29, 1.82) is 0 Å². The van der Waals surface area contributed by atoms with E-state index in [1.54, 1.807) is 6.07 Å². The fourth-order valence-corrected chi connectivity index (χ4v) is 5.00. The largest absolute Gasteiger partial charge is 0.349 e. The standard InChI is InChI=1S/C19H23N5O3/c1-18(2)13-6-7-19(18,3)16(9-13)22-17(25)12-4-5-14(15(8-12)24(26)27)23-11-20-10-21-23/h4-5,8,10-11,13,16H,6-7,9H2,1-3H3,(H,22,25). The first kappa shape index (κ1) is 17.6. The van der Waals surface area contributed by atoms with E-state index >= 15 is 0 Å². The first-order valence-electron chi connectivity index (χ1n) is 9.18. The van der Waals surface area contributed by atoms with Gasteiger partial charge in [-0.25, -0.2) is 9.67 Å². The molecule has 0 saturated heterocycles. The molecule has 2 fully saturated rings. The van der Waals surface area contributed by atoms with Crippen LogP contribution in [0.2, 0.25) is 0 Å². The second kappa shape index (κ2) is 5.87. The first-order valence-corrected chi connectivity index (χ1v) is 9.18. The van der Waals surface area contributed by atoms with E-state index in [4.69, 9.17) is 0 Å². The highest BCUT2D eigenvalue weighted by Crippen LogP contribution is 2.65. The fraction of sp³-hybridized carbons (Fsp3) is 0.526. The number of rotatable bonds is 4. The van der Waals surface area contributed by atoms with Crippen LogP contribution in [-0.2, 0) is 0 Å². The topological polar surface area (TPSA) is 103 Å². The lowest BCUT2D eigenvalue weighted by molar-refractivity contribution is -0.384. The fourth-order valence-electron chi connectivity index (χ4n) is 5.00. The summed E-state index contributed by atoms with van der Waals surface area (Å²) in [6, 6.07) is 4.54. The molecule has 0 spiro atoms. The van der Waals surface area contributed by atoms with Crippen molar-refractivity contribution < 1.29 is 9.72 Å². The van der Waals surface area contributed by atoms with Crippen molar-refractivity contribution in [3.8, 4) is 5.69 Å². The van der Waals surface area contributed by atoms with E-state index in [1.807, 2.05) is 0 Å². The van der Waals surface area contributed by atoms with E-state index in [1.165, 1.54) is 35.9 Å². The summed E-state index contributed by atoms with van der Waals surface area (Å²) in [4.78, 5) is 27.6. The maximum atomic E-state index is 12.8. The van der Waals surface area contributed by atoms with E-state index < -0.39 is 4.92 Å². The average Bonchev–Trinajstić information content (AvgIpc) is 3.28. The Labute approximate surface area is 157 Å². The zero-order valence-corrected chi connectivity index (χ0v) is 15.7. The number of amides is 1. The molecule has 142 valence electrons. The van der Waals surface area contributed by atoms with Crippen molar-refractivity contribution in [2.75, 3.05) is 0 Å². The highest BCUT2D eigenvalue weighted by molar-refractivity contribution is 5.95. The predicted molar refractivity (Wildman–Crippen MR) is 98.5 cm³/mol. The van der Waals surface area contributed by atoms with Gasteiger partial charge in [0.15, 0.2) is 0 Å². The lowest BCUT2D eigenvalue weighted by atomic mass is 9.69. The molecule has 8 heteroatoms. The van der Waals surface area contributed by atoms with Gasteiger partial charge in [-0.05, 0) is 48.1 Å². The molecular weight excluding hydrogens is 346 g/mol. The van der Waals surface area contributed by atoms with Crippen LogP contribution < -0.4 is 5.32 Å². The molecule has 1 aromatic carbocycles. The van der Waals surface area contributed by atoms with Crippen LogP contribution in [0.15, 0.2) is 30.9 Å². The number of hydrogen-bond donors (Lipinski definition) is 1. The normalized spacial score (nSPS) is 28.3. The Hall–Kier alpha value is -2.77. The van der Waals surface area contributed by atoms with Crippen LogP contribution in [0, 0.1) is 26.9 Å². The van der Waals surface area contributed by atoms with Gasteiger partial charge in [-0.3, -0.25) is 14.9 Å². The molecule has 1 amide bonds. The van der Waals surface area contributed by atoms with Crippen LogP contribution in [0.25, 0.3) is 5.69 Å². The summed E-state index contributed by atoms with van der Waals surface area (Å²) in [7, 11) is 0. The Morgan fingerprint density at radius 3 is 2.70 bits per heavy atom. The molecule has 3 atom stereocenters. The molecule has 3 unspecified atom stereocenters. The van der Waals surface area contributed by atoms with E-state index in [0.717, 1.165) is 12.8 Å². The average molecular weight is 369 g/mol. The third kappa shape index (κ3) is 2.54. The number of fused-ring (bicyclic) bond motifs is 2. The summed E-state index contributed by atoms with van der Waals surface area (Å²) in [6.07, 6.45) is 5.96. The maximum Gasteiger partial charge on any atom is 0.295 e. The third-order valence-corrected chi connectivity index (χ3v) is 7.20. The molecule has 27 heavy (non-hydrogen) atoms. The van der Waals surface area contributed by atoms with Crippen LogP contribution in [0.5, 0.6) is 0 Å². The molecule has 2 aliphatic rings. The summed E-state index contributed by atoms with van der Waals surface area (Å²) in [5.41, 5.74) is 0.637. The summed E-state index contributed by atoms with van der Waals surface area (Å²) in [5, 5.41) is 18.6. The van der Waals surface area contributed by atoms with Crippen LogP contribution in [0.4, 0.5) is 5.69 Å². The van der Waals surface area contributed by atoms with Crippen molar-refractivity contribution in [1.82, 2.24) is 20.1 Å². The molecule has 0 aliphatic heterocycles. The summed E-state index contributed by atoms with van der Waals surface area (Å²) < 4.78 is 1.32.